The number of hydrogen-bond donors (Lipinski definition) is 3. The number of hydrogen-bond acceptors (Lipinski definition) is 5. The third kappa shape index (κ3) is 3.20. The molecule has 94 valence electrons. The van der Waals surface area contributed by atoms with E-state index < -0.39 is 5.56 Å². The molecule has 1 heterocycles. The van der Waals surface area contributed by atoms with E-state index in [1.807, 2.05) is 6.92 Å². The van der Waals surface area contributed by atoms with Gasteiger partial charge in [0.2, 0.25) is 5.91 Å². The quantitative estimate of drug-likeness (QED) is 0.631. The molecule has 1 aromatic heterocycles. The predicted octanol–water partition coefficient (Wildman–Crippen LogP) is -0.685. The van der Waals surface area contributed by atoms with Crippen LogP contribution in [0.5, 0.6) is 0 Å². The maximum Gasteiger partial charge on any atom is 0.276 e. The maximum absolute atomic E-state index is 11.4. The number of aromatic nitrogens is 2. The van der Waals surface area contributed by atoms with Crippen molar-refractivity contribution in [3.05, 3.63) is 16.7 Å². The number of anilines is 2. The van der Waals surface area contributed by atoms with Crippen molar-refractivity contribution < 1.29 is 4.79 Å². The van der Waals surface area contributed by atoms with Crippen LogP contribution < -0.4 is 21.5 Å². The van der Waals surface area contributed by atoms with Crippen LogP contribution in [0.15, 0.2) is 11.1 Å². The second-order valence-electron chi connectivity index (χ2n) is 3.56. The summed E-state index contributed by atoms with van der Waals surface area (Å²) in [6.45, 7) is 2.71. The number of nitrogen functional groups attached to an aromatic ring is 1. The largest absolute Gasteiger partial charge is 0.391 e. The van der Waals surface area contributed by atoms with Crippen molar-refractivity contribution in [1.29, 1.82) is 0 Å². The first-order valence-corrected chi connectivity index (χ1v) is 5.38. The molecule has 1 aromatic rings. The summed E-state index contributed by atoms with van der Waals surface area (Å²) in [7, 11) is 1.56. The van der Waals surface area contributed by atoms with Gasteiger partial charge in [-0.1, -0.05) is 6.92 Å². The van der Waals surface area contributed by atoms with Crippen LogP contribution in [0.1, 0.15) is 13.3 Å². The van der Waals surface area contributed by atoms with Gasteiger partial charge in [-0.2, -0.15) is 0 Å². The molecule has 17 heavy (non-hydrogen) atoms. The Morgan fingerprint density at radius 3 is 2.94 bits per heavy atom. The Hall–Kier alpha value is -2.05. The molecule has 0 aliphatic heterocycles. The normalized spacial score (nSPS) is 10.0. The number of H-pyrrole nitrogens is 1. The minimum atomic E-state index is -0.395. The van der Waals surface area contributed by atoms with Gasteiger partial charge in [-0.15, -0.1) is 0 Å². The first kappa shape index (κ1) is 13.0. The maximum atomic E-state index is 11.4. The van der Waals surface area contributed by atoms with Gasteiger partial charge < -0.3 is 20.9 Å². The lowest BCUT2D eigenvalue weighted by Gasteiger charge is -2.22. The van der Waals surface area contributed by atoms with E-state index >= 15 is 0 Å². The number of nitrogens with one attached hydrogen (secondary N) is 2. The van der Waals surface area contributed by atoms with E-state index in [1.54, 1.807) is 11.9 Å². The molecule has 0 aliphatic rings. The molecule has 7 heteroatoms. The fourth-order valence-corrected chi connectivity index (χ4v) is 1.44. The molecule has 0 fully saturated rings. The minimum Gasteiger partial charge on any atom is -0.391 e. The van der Waals surface area contributed by atoms with Gasteiger partial charge in [0.25, 0.3) is 5.56 Å². The molecule has 1 rings (SSSR count). The molecule has 0 aromatic carbocycles. The van der Waals surface area contributed by atoms with Crippen molar-refractivity contribution in [3.63, 3.8) is 0 Å². The number of aromatic amines is 1. The summed E-state index contributed by atoms with van der Waals surface area (Å²) in [6.07, 6.45) is 2.10. The third-order valence-corrected chi connectivity index (χ3v) is 2.27. The lowest BCUT2D eigenvalue weighted by atomic mass is 10.3. The van der Waals surface area contributed by atoms with Crippen LogP contribution in [0.25, 0.3) is 0 Å². The third-order valence-electron chi connectivity index (χ3n) is 2.27. The Morgan fingerprint density at radius 2 is 2.35 bits per heavy atom. The van der Waals surface area contributed by atoms with Gasteiger partial charge >= 0.3 is 0 Å². The molecule has 0 atom stereocenters. The number of carbonyl (C=O) groups excluding carboxylic acids is 1. The smallest absolute Gasteiger partial charge is 0.276 e. The first-order chi connectivity index (χ1) is 8.10. The van der Waals surface area contributed by atoms with Gasteiger partial charge in [-0.05, 0) is 6.42 Å². The topological polar surface area (TPSA) is 104 Å². The summed E-state index contributed by atoms with van der Waals surface area (Å²) >= 11 is 0. The monoisotopic (exact) mass is 239 g/mol. The number of amides is 1. The summed E-state index contributed by atoms with van der Waals surface area (Å²) in [5.41, 5.74) is 5.29. The Labute approximate surface area is 99.0 Å². The van der Waals surface area contributed by atoms with Gasteiger partial charge in [0.15, 0.2) is 5.82 Å². The van der Waals surface area contributed by atoms with Crippen molar-refractivity contribution >= 4 is 17.4 Å². The van der Waals surface area contributed by atoms with Crippen LogP contribution in [0.4, 0.5) is 11.5 Å². The zero-order chi connectivity index (χ0) is 12.8. The fraction of sp³-hybridized carbons (Fsp3) is 0.500. The number of nitrogens with zero attached hydrogens (tertiary/aromatic N) is 2. The van der Waals surface area contributed by atoms with E-state index in [4.69, 9.17) is 5.73 Å². The van der Waals surface area contributed by atoms with E-state index in [-0.39, 0.29) is 18.1 Å². The number of carbonyl (C=O) groups is 1. The highest BCUT2D eigenvalue weighted by atomic mass is 16.2. The van der Waals surface area contributed by atoms with Gasteiger partial charge in [0.1, 0.15) is 5.69 Å². The highest BCUT2D eigenvalue weighted by molar-refractivity contribution is 5.81. The highest BCUT2D eigenvalue weighted by Gasteiger charge is 2.15. The zero-order valence-corrected chi connectivity index (χ0v) is 9.99. The van der Waals surface area contributed by atoms with Crippen LogP contribution >= 0.6 is 0 Å². The molecule has 0 saturated heterocycles. The summed E-state index contributed by atoms with van der Waals surface area (Å²) in [5, 5.41) is 2.52. The van der Waals surface area contributed by atoms with Crippen LogP contribution in [0, 0.1) is 0 Å². The number of rotatable bonds is 5. The number of likely N-dealkylation sites (N-methyl/N-ethyl adjacent to an activating group) is 1. The second kappa shape index (κ2) is 5.88. The summed E-state index contributed by atoms with van der Waals surface area (Å²) < 4.78 is 0. The van der Waals surface area contributed by atoms with Crippen molar-refractivity contribution in [1.82, 2.24) is 15.3 Å². The molecule has 0 unspecified atom stereocenters. The standard InChI is InChI=1S/C10H17N5O2/c1-3-4-15(5-7(16)12-2)9-8(11)10(17)14-6-13-9/h6H,3-5,11H2,1-2H3,(H,12,16)(H,13,14,17). The van der Waals surface area contributed by atoms with Crippen LogP contribution in [0.2, 0.25) is 0 Å². The lowest BCUT2D eigenvalue weighted by Crippen LogP contribution is -2.37. The van der Waals surface area contributed by atoms with Crippen molar-refractivity contribution in [2.45, 2.75) is 13.3 Å². The van der Waals surface area contributed by atoms with Gasteiger partial charge in [-0.25, -0.2) is 4.98 Å². The summed E-state index contributed by atoms with van der Waals surface area (Å²) in [6, 6.07) is 0. The van der Waals surface area contributed by atoms with E-state index in [0.717, 1.165) is 6.42 Å². The van der Waals surface area contributed by atoms with Gasteiger partial charge in [0.05, 0.1) is 12.9 Å². The van der Waals surface area contributed by atoms with Crippen LogP contribution in [-0.2, 0) is 4.79 Å². The second-order valence-corrected chi connectivity index (χ2v) is 3.56. The Bertz CT molecular complexity index is 443. The molecule has 7 nitrogen and oxygen atoms in total. The zero-order valence-electron chi connectivity index (χ0n) is 9.99. The van der Waals surface area contributed by atoms with Gasteiger partial charge in [-0.3, -0.25) is 9.59 Å². The molecule has 0 aliphatic carbocycles. The molecule has 0 saturated carbocycles. The Morgan fingerprint density at radius 1 is 1.65 bits per heavy atom. The van der Waals surface area contributed by atoms with E-state index in [1.165, 1.54) is 6.33 Å². The average Bonchev–Trinajstić information content (AvgIpc) is 2.32. The van der Waals surface area contributed by atoms with Crippen molar-refractivity contribution in [2.24, 2.45) is 0 Å². The van der Waals surface area contributed by atoms with Crippen molar-refractivity contribution in [2.75, 3.05) is 30.8 Å². The fourth-order valence-electron chi connectivity index (χ4n) is 1.44. The van der Waals surface area contributed by atoms with E-state index in [9.17, 15) is 9.59 Å². The first-order valence-electron chi connectivity index (χ1n) is 5.38. The molecule has 0 radical (unpaired) electrons. The predicted molar refractivity (Wildman–Crippen MR) is 65.8 cm³/mol. The molecule has 1 amide bonds. The van der Waals surface area contributed by atoms with E-state index in [0.29, 0.717) is 12.4 Å². The summed E-state index contributed by atoms with van der Waals surface area (Å²) in [4.78, 5) is 30.8. The van der Waals surface area contributed by atoms with E-state index in [2.05, 4.69) is 15.3 Å². The Kier molecular flexibility index (Phi) is 4.50. The molecular weight excluding hydrogens is 222 g/mol. The highest BCUT2D eigenvalue weighted by Crippen LogP contribution is 2.14. The SMILES string of the molecule is CCCN(CC(=O)NC)c1nc[nH]c(=O)c1N. The minimum absolute atomic E-state index is 0.0323. The van der Waals surface area contributed by atoms with Gasteiger partial charge in [0, 0.05) is 13.6 Å². The average molecular weight is 239 g/mol. The molecular formula is C10H17N5O2. The van der Waals surface area contributed by atoms with Crippen molar-refractivity contribution in [3.8, 4) is 0 Å². The lowest BCUT2D eigenvalue weighted by molar-refractivity contribution is -0.119. The molecule has 0 bridgehead atoms. The van der Waals surface area contributed by atoms with Crippen LogP contribution in [-0.4, -0.2) is 36.0 Å². The Balaban J connectivity index is 3.00. The molecule has 4 N–H and O–H groups in total. The summed E-state index contributed by atoms with van der Waals surface area (Å²) in [5.74, 6) is 0.194. The van der Waals surface area contributed by atoms with Crippen LogP contribution in [0.3, 0.4) is 0 Å². The molecule has 0 spiro atoms. The number of nitrogens with two attached hydrogens (primary N) is 1.